The highest BCUT2D eigenvalue weighted by atomic mass is 16.5. The van der Waals surface area contributed by atoms with Gasteiger partial charge in [-0.15, -0.1) is 0 Å². The molecule has 0 fully saturated rings. The number of aromatic nitrogens is 1. The number of fused-ring (bicyclic) bond motifs is 1. The van der Waals surface area contributed by atoms with Crippen molar-refractivity contribution in [1.82, 2.24) is 15.2 Å². The Bertz CT molecular complexity index is 1040. The van der Waals surface area contributed by atoms with Gasteiger partial charge in [-0.3, -0.25) is 9.69 Å². The lowest BCUT2D eigenvalue weighted by atomic mass is 9.98. The van der Waals surface area contributed by atoms with Crippen LogP contribution in [0.4, 0.5) is 0 Å². The average molecular weight is 404 g/mol. The van der Waals surface area contributed by atoms with Crippen LogP contribution < -0.4 is 10.1 Å². The molecule has 0 spiro atoms. The number of benzene rings is 2. The molecule has 156 valence electrons. The van der Waals surface area contributed by atoms with Crippen molar-refractivity contribution in [1.29, 1.82) is 0 Å². The zero-order valence-corrected chi connectivity index (χ0v) is 17.7. The van der Waals surface area contributed by atoms with Crippen LogP contribution in [0.15, 0.2) is 60.8 Å². The molecule has 2 heterocycles. The van der Waals surface area contributed by atoms with Gasteiger partial charge in [-0.2, -0.15) is 0 Å². The second-order valence-corrected chi connectivity index (χ2v) is 7.84. The first-order valence-corrected chi connectivity index (χ1v) is 10.5. The number of ether oxygens (including phenoxy) is 1. The molecule has 2 N–H and O–H groups in total. The molecule has 0 aliphatic carbocycles. The minimum Gasteiger partial charge on any atom is -0.497 e. The largest absolute Gasteiger partial charge is 0.497 e. The van der Waals surface area contributed by atoms with Gasteiger partial charge < -0.3 is 15.0 Å². The van der Waals surface area contributed by atoms with E-state index in [1.54, 1.807) is 7.11 Å². The van der Waals surface area contributed by atoms with Crippen molar-refractivity contribution in [2.75, 3.05) is 26.7 Å². The van der Waals surface area contributed by atoms with Crippen molar-refractivity contribution in [3.63, 3.8) is 0 Å². The van der Waals surface area contributed by atoms with Gasteiger partial charge in [0.1, 0.15) is 5.75 Å². The van der Waals surface area contributed by atoms with Gasteiger partial charge >= 0.3 is 0 Å². The van der Waals surface area contributed by atoms with E-state index in [9.17, 15) is 4.79 Å². The molecular formula is C25H29N3O2. The van der Waals surface area contributed by atoms with E-state index in [0.717, 1.165) is 42.9 Å². The highest BCUT2D eigenvalue weighted by Gasteiger charge is 2.17. The molecule has 2 aromatic carbocycles. The predicted molar refractivity (Wildman–Crippen MR) is 122 cm³/mol. The average Bonchev–Trinajstić information content (AvgIpc) is 3.21. The van der Waals surface area contributed by atoms with E-state index in [-0.39, 0.29) is 11.9 Å². The van der Waals surface area contributed by atoms with Crippen LogP contribution in [0, 0.1) is 0 Å². The van der Waals surface area contributed by atoms with Gasteiger partial charge in [0.25, 0.3) is 0 Å². The summed E-state index contributed by atoms with van der Waals surface area (Å²) in [5, 5.41) is 4.30. The molecule has 4 rings (SSSR count). The molecule has 3 aromatic rings. The maximum absolute atomic E-state index is 12.4. The number of carbonyl (C=O) groups is 1. The Morgan fingerprint density at radius 1 is 1.23 bits per heavy atom. The summed E-state index contributed by atoms with van der Waals surface area (Å²) in [5.41, 5.74) is 4.86. The van der Waals surface area contributed by atoms with Gasteiger partial charge in [0, 0.05) is 48.7 Å². The van der Waals surface area contributed by atoms with Crippen LogP contribution in [0.25, 0.3) is 16.5 Å². The Balaban J connectivity index is 1.31. The summed E-state index contributed by atoms with van der Waals surface area (Å²) in [4.78, 5) is 18.1. The fourth-order valence-electron chi connectivity index (χ4n) is 4.05. The Labute approximate surface area is 177 Å². The number of nitrogens with zero attached hydrogens (tertiary/aromatic N) is 1. The molecular weight excluding hydrogens is 374 g/mol. The summed E-state index contributed by atoms with van der Waals surface area (Å²) in [6.45, 7) is 4.63. The minimum atomic E-state index is 0.0328. The van der Waals surface area contributed by atoms with Crippen LogP contribution in [0.1, 0.15) is 36.9 Å². The second-order valence-electron chi connectivity index (χ2n) is 7.84. The first-order chi connectivity index (χ1) is 14.6. The van der Waals surface area contributed by atoms with E-state index >= 15 is 0 Å². The van der Waals surface area contributed by atoms with Gasteiger partial charge in [-0.1, -0.05) is 36.4 Å². The first kappa shape index (κ1) is 20.2. The van der Waals surface area contributed by atoms with E-state index in [0.29, 0.717) is 6.42 Å². The van der Waals surface area contributed by atoms with Crippen molar-refractivity contribution in [3.8, 4) is 5.75 Å². The maximum Gasteiger partial charge on any atom is 0.221 e. The van der Waals surface area contributed by atoms with E-state index < -0.39 is 0 Å². The molecule has 5 nitrogen and oxygen atoms in total. The minimum absolute atomic E-state index is 0.0328. The van der Waals surface area contributed by atoms with Crippen LogP contribution in [0.2, 0.25) is 0 Å². The Morgan fingerprint density at radius 2 is 2.07 bits per heavy atom. The smallest absolute Gasteiger partial charge is 0.221 e. The molecule has 0 radical (unpaired) electrons. The number of hydrogen-bond acceptors (Lipinski definition) is 3. The summed E-state index contributed by atoms with van der Waals surface area (Å²) in [7, 11) is 1.70. The fraction of sp³-hybridized carbons (Fsp3) is 0.320. The monoisotopic (exact) mass is 403 g/mol. The zero-order chi connectivity index (χ0) is 20.9. The van der Waals surface area contributed by atoms with Crippen LogP contribution >= 0.6 is 0 Å². The third-order valence-electron chi connectivity index (χ3n) is 5.86. The second kappa shape index (κ2) is 9.18. The van der Waals surface area contributed by atoms with Crippen molar-refractivity contribution < 1.29 is 9.53 Å². The standard InChI is InChI=1S/C25H29N3O2/c1-18(19-6-4-3-5-7-19)27-25(29)12-15-28-13-10-20(11-14-28)23-17-26-24-9-8-21(30-2)16-22(23)24/h3-10,16-18,26H,11-15H2,1-2H3,(H,27,29). The van der Waals surface area contributed by atoms with E-state index in [1.807, 2.05) is 43.3 Å². The zero-order valence-electron chi connectivity index (χ0n) is 17.7. The van der Waals surface area contributed by atoms with Crippen LogP contribution in [0.5, 0.6) is 5.75 Å². The van der Waals surface area contributed by atoms with E-state index in [2.05, 4.69) is 39.6 Å². The molecule has 1 unspecified atom stereocenters. The topological polar surface area (TPSA) is 57.4 Å². The number of H-pyrrole nitrogens is 1. The predicted octanol–water partition coefficient (Wildman–Crippen LogP) is 4.53. The van der Waals surface area contributed by atoms with E-state index in [4.69, 9.17) is 4.74 Å². The Morgan fingerprint density at radius 3 is 2.80 bits per heavy atom. The number of methoxy groups -OCH3 is 1. The molecule has 0 saturated carbocycles. The lowest BCUT2D eigenvalue weighted by Crippen LogP contribution is -2.34. The highest BCUT2D eigenvalue weighted by molar-refractivity contribution is 5.93. The van der Waals surface area contributed by atoms with Crippen LogP contribution in [-0.4, -0.2) is 42.5 Å². The highest BCUT2D eigenvalue weighted by Crippen LogP contribution is 2.31. The molecule has 1 amide bonds. The molecule has 0 bridgehead atoms. The summed E-state index contributed by atoms with van der Waals surface area (Å²) in [6.07, 6.45) is 5.87. The number of aromatic amines is 1. The van der Waals surface area contributed by atoms with Gasteiger partial charge in [-0.05, 0) is 42.7 Å². The number of nitrogens with one attached hydrogen (secondary N) is 2. The molecule has 5 heteroatoms. The van der Waals surface area contributed by atoms with E-state index in [1.165, 1.54) is 16.5 Å². The van der Waals surface area contributed by atoms with Crippen molar-refractivity contribution in [2.45, 2.75) is 25.8 Å². The van der Waals surface area contributed by atoms with Gasteiger partial charge in [0.05, 0.1) is 13.2 Å². The number of amides is 1. The molecule has 1 aliphatic heterocycles. The molecule has 1 atom stereocenters. The lowest BCUT2D eigenvalue weighted by Gasteiger charge is -2.26. The Kier molecular flexibility index (Phi) is 6.19. The molecule has 1 aromatic heterocycles. The summed E-state index contributed by atoms with van der Waals surface area (Å²) < 4.78 is 5.38. The molecule has 1 aliphatic rings. The summed E-state index contributed by atoms with van der Waals surface area (Å²) >= 11 is 0. The van der Waals surface area contributed by atoms with Gasteiger partial charge in [0.2, 0.25) is 5.91 Å². The first-order valence-electron chi connectivity index (χ1n) is 10.5. The van der Waals surface area contributed by atoms with Crippen molar-refractivity contribution >= 4 is 22.4 Å². The van der Waals surface area contributed by atoms with Crippen LogP contribution in [-0.2, 0) is 4.79 Å². The molecule has 0 saturated heterocycles. The van der Waals surface area contributed by atoms with Crippen molar-refractivity contribution in [2.24, 2.45) is 0 Å². The van der Waals surface area contributed by atoms with Crippen LogP contribution in [0.3, 0.4) is 0 Å². The quantitative estimate of drug-likeness (QED) is 0.609. The van der Waals surface area contributed by atoms with Gasteiger partial charge in [0.15, 0.2) is 0 Å². The number of rotatable bonds is 7. The lowest BCUT2D eigenvalue weighted by molar-refractivity contribution is -0.122. The van der Waals surface area contributed by atoms with Gasteiger partial charge in [-0.25, -0.2) is 0 Å². The maximum atomic E-state index is 12.4. The normalized spacial score (nSPS) is 15.6. The molecule has 30 heavy (non-hydrogen) atoms. The number of hydrogen-bond donors (Lipinski definition) is 2. The fourth-order valence-corrected chi connectivity index (χ4v) is 4.05. The SMILES string of the molecule is COc1ccc2[nH]cc(C3=CCN(CCC(=O)NC(C)c4ccccc4)CC3)c2c1. The Hall–Kier alpha value is -3.05. The van der Waals surface area contributed by atoms with Crippen molar-refractivity contribution in [3.05, 3.63) is 71.9 Å². The summed E-state index contributed by atoms with van der Waals surface area (Å²) in [6, 6.07) is 16.2. The number of carbonyl (C=O) groups excluding carboxylic acids is 1. The summed E-state index contributed by atoms with van der Waals surface area (Å²) in [5.74, 6) is 0.974. The third kappa shape index (κ3) is 4.57. The third-order valence-corrected chi connectivity index (χ3v) is 5.86.